The first kappa shape index (κ1) is 11.0. The molecule has 5 nitrogen and oxygen atoms in total. The van der Waals surface area contributed by atoms with Gasteiger partial charge in [-0.25, -0.2) is 4.79 Å². The van der Waals surface area contributed by atoms with Gasteiger partial charge in [0.25, 0.3) is 0 Å². The Morgan fingerprint density at radius 3 is 2.92 bits per heavy atom. The molecule has 6 heteroatoms. The van der Waals surface area contributed by atoms with Gasteiger partial charge < -0.3 is 10.8 Å². The number of hydrogen-bond acceptors (Lipinski definition) is 5. The average Bonchev–Trinajstić information content (AvgIpc) is 2.04. The van der Waals surface area contributed by atoms with Crippen molar-refractivity contribution >= 4 is 23.3 Å². The van der Waals surface area contributed by atoms with Gasteiger partial charge in [-0.3, -0.25) is 5.43 Å². The lowest BCUT2D eigenvalue weighted by Gasteiger charge is -2.08. The van der Waals surface area contributed by atoms with Gasteiger partial charge in [0.1, 0.15) is 6.04 Å². The Bertz CT molecular complexity index is 191. The summed E-state index contributed by atoms with van der Waals surface area (Å²) in [5, 5.41) is 14.0. The standard InChI is InChI=1S/C6H11N3O2S/c7-3-1-2-5(6(10)11)9-8-4-12/h5,9H,1-3,7H2,(H,10,11). The third-order valence-electron chi connectivity index (χ3n) is 1.26. The molecular formula is C6H11N3O2S. The number of carbonyl (C=O) groups is 1. The second-order valence-electron chi connectivity index (χ2n) is 2.15. The normalized spacial score (nSPS) is 11.4. The van der Waals surface area contributed by atoms with Crippen molar-refractivity contribution in [2.75, 3.05) is 6.54 Å². The number of nitrogens with two attached hydrogens (primary N) is 1. The molecule has 1 unspecified atom stereocenters. The predicted octanol–water partition coefficient (Wildman–Crippen LogP) is -0.214. The molecule has 0 aliphatic rings. The maximum absolute atomic E-state index is 10.5. The fourth-order valence-corrected chi connectivity index (χ4v) is 0.722. The van der Waals surface area contributed by atoms with E-state index in [-0.39, 0.29) is 0 Å². The van der Waals surface area contributed by atoms with E-state index in [0.29, 0.717) is 19.4 Å². The number of hydrazone groups is 1. The number of nitrogens with zero attached hydrogens (tertiary/aromatic N) is 1. The number of rotatable bonds is 6. The maximum atomic E-state index is 10.5. The van der Waals surface area contributed by atoms with Crippen molar-refractivity contribution in [2.45, 2.75) is 18.9 Å². The number of carboxylic acids is 1. The van der Waals surface area contributed by atoms with Crippen molar-refractivity contribution in [1.82, 2.24) is 5.43 Å². The minimum atomic E-state index is -0.961. The third-order valence-corrected chi connectivity index (χ3v) is 1.35. The summed E-state index contributed by atoms with van der Waals surface area (Å²) in [6.07, 6.45) is 1.07. The van der Waals surface area contributed by atoms with Crippen LogP contribution in [0.5, 0.6) is 0 Å². The van der Waals surface area contributed by atoms with E-state index in [2.05, 4.69) is 22.7 Å². The van der Waals surface area contributed by atoms with Crippen molar-refractivity contribution in [2.24, 2.45) is 10.8 Å². The molecule has 0 amide bonds. The average molecular weight is 189 g/mol. The smallest absolute Gasteiger partial charge is 0.327 e. The van der Waals surface area contributed by atoms with Gasteiger partial charge in [-0.1, -0.05) is 0 Å². The molecule has 0 saturated heterocycles. The van der Waals surface area contributed by atoms with Crippen LogP contribution in [0.2, 0.25) is 0 Å². The molecule has 0 radical (unpaired) electrons. The minimum absolute atomic E-state index is 0.437. The summed E-state index contributed by atoms with van der Waals surface area (Å²) in [6, 6.07) is -0.719. The van der Waals surface area contributed by atoms with Crippen LogP contribution >= 0.6 is 12.2 Å². The van der Waals surface area contributed by atoms with Crippen molar-refractivity contribution < 1.29 is 9.90 Å². The maximum Gasteiger partial charge on any atom is 0.327 e. The second-order valence-corrected chi connectivity index (χ2v) is 2.34. The molecule has 0 spiro atoms. The summed E-state index contributed by atoms with van der Waals surface area (Å²) in [6.45, 7) is 0.465. The van der Waals surface area contributed by atoms with E-state index in [0.717, 1.165) is 0 Å². The van der Waals surface area contributed by atoms with Crippen molar-refractivity contribution in [3.8, 4) is 0 Å². The summed E-state index contributed by atoms with van der Waals surface area (Å²) in [4.78, 5) is 10.5. The van der Waals surface area contributed by atoms with Crippen LogP contribution in [0.4, 0.5) is 0 Å². The van der Waals surface area contributed by atoms with Gasteiger partial charge in [-0.2, -0.15) is 0 Å². The molecule has 0 heterocycles. The lowest BCUT2D eigenvalue weighted by molar-refractivity contribution is -0.139. The highest BCUT2D eigenvalue weighted by atomic mass is 32.1. The van der Waals surface area contributed by atoms with E-state index < -0.39 is 12.0 Å². The molecule has 0 saturated carbocycles. The van der Waals surface area contributed by atoms with E-state index in [4.69, 9.17) is 10.8 Å². The molecule has 0 bridgehead atoms. The molecule has 4 N–H and O–H groups in total. The van der Waals surface area contributed by atoms with Crippen molar-refractivity contribution in [3.05, 3.63) is 0 Å². The number of carboxylic acid groups (broad SMARTS) is 1. The summed E-state index contributed by atoms with van der Waals surface area (Å²) in [5.41, 5.74) is 7.58. The molecule has 0 rings (SSSR count). The van der Waals surface area contributed by atoms with Crippen LogP contribution in [-0.4, -0.2) is 28.8 Å². The third kappa shape index (κ3) is 4.79. The number of nitrogens with one attached hydrogen (secondary N) is 1. The Hall–Kier alpha value is -0.970. The molecular weight excluding hydrogens is 178 g/mol. The first-order chi connectivity index (χ1) is 5.72. The van der Waals surface area contributed by atoms with Crippen LogP contribution in [0.3, 0.4) is 0 Å². The molecule has 0 aromatic heterocycles. The minimum Gasteiger partial charge on any atom is -0.480 e. The first-order valence-corrected chi connectivity index (χ1v) is 3.88. The van der Waals surface area contributed by atoms with Gasteiger partial charge >= 0.3 is 5.97 Å². The largest absolute Gasteiger partial charge is 0.480 e. The zero-order chi connectivity index (χ0) is 9.40. The van der Waals surface area contributed by atoms with Gasteiger partial charge in [0.2, 0.25) is 0 Å². The Morgan fingerprint density at radius 2 is 2.50 bits per heavy atom. The van der Waals surface area contributed by atoms with E-state index >= 15 is 0 Å². The fraction of sp³-hybridized carbons (Fsp3) is 0.667. The Morgan fingerprint density at radius 1 is 1.83 bits per heavy atom. The van der Waals surface area contributed by atoms with Crippen LogP contribution < -0.4 is 11.2 Å². The van der Waals surface area contributed by atoms with E-state index in [1.807, 2.05) is 5.16 Å². The highest BCUT2D eigenvalue weighted by Crippen LogP contribution is 1.95. The highest BCUT2D eigenvalue weighted by Gasteiger charge is 2.14. The molecule has 0 aliphatic carbocycles. The van der Waals surface area contributed by atoms with Crippen LogP contribution in [-0.2, 0) is 4.79 Å². The van der Waals surface area contributed by atoms with Crippen LogP contribution in [0, 0.1) is 0 Å². The van der Waals surface area contributed by atoms with Gasteiger partial charge in [-0.15, -0.1) is 5.10 Å². The lowest BCUT2D eigenvalue weighted by atomic mass is 10.2. The number of aliphatic carboxylic acids is 1. The molecule has 0 fully saturated rings. The molecule has 1 atom stereocenters. The van der Waals surface area contributed by atoms with E-state index in [1.165, 1.54) is 0 Å². The monoisotopic (exact) mass is 189 g/mol. The molecule has 12 heavy (non-hydrogen) atoms. The first-order valence-electron chi connectivity index (χ1n) is 3.47. The number of thiocarbonyl (C=S) groups is 1. The summed E-state index contributed by atoms with van der Waals surface area (Å²) >= 11 is 4.27. The Labute approximate surface area is 75.6 Å². The van der Waals surface area contributed by atoms with Gasteiger partial charge in [0, 0.05) is 0 Å². The van der Waals surface area contributed by atoms with Gasteiger partial charge in [0.15, 0.2) is 0 Å². The molecule has 0 aromatic carbocycles. The van der Waals surface area contributed by atoms with E-state index in [9.17, 15) is 4.79 Å². The number of isothiocyanates is 1. The van der Waals surface area contributed by atoms with E-state index in [1.54, 1.807) is 0 Å². The lowest BCUT2D eigenvalue weighted by Crippen LogP contribution is -2.33. The highest BCUT2D eigenvalue weighted by molar-refractivity contribution is 7.78. The predicted molar refractivity (Wildman–Crippen MR) is 47.9 cm³/mol. The molecule has 0 aromatic rings. The summed E-state index contributed by atoms with van der Waals surface area (Å²) in [7, 11) is 0. The van der Waals surface area contributed by atoms with Crippen LogP contribution in [0.1, 0.15) is 12.8 Å². The van der Waals surface area contributed by atoms with Crippen molar-refractivity contribution in [1.29, 1.82) is 0 Å². The quantitative estimate of drug-likeness (QED) is 0.305. The van der Waals surface area contributed by atoms with Crippen LogP contribution in [0.25, 0.3) is 0 Å². The number of hydrogen-bond donors (Lipinski definition) is 3. The zero-order valence-corrected chi connectivity index (χ0v) is 7.30. The Kier molecular flexibility index (Phi) is 6.18. The molecule has 0 aliphatic heterocycles. The van der Waals surface area contributed by atoms with Crippen molar-refractivity contribution in [3.63, 3.8) is 0 Å². The zero-order valence-electron chi connectivity index (χ0n) is 6.49. The van der Waals surface area contributed by atoms with Gasteiger partial charge in [0.05, 0.1) is 5.16 Å². The SMILES string of the molecule is NCCCC(NN=C=S)C(=O)O. The summed E-state index contributed by atoms with van der Waals surface area (Å²) < 4.78 is 0. The fourth-order valence-electron chi connectivity index (χ4n) is 0.669. The van der Waals surface area contributed by atoms with Gasteiger partial charge in [-0.05, 0) is 31.6 Å². The molecule has 68 valence electrons. The van der Waals surface area contributed by atoms with Crippen LogP contribution in [0.15, 0.2) is 5.10 Å². The summed E-state index contributed by atoms with van der Waals surface area (Å²) in [5.74, 6) is -0.961. The second kappa shape index (κ2) is 6.72. The Balaban J connectivity index is 3.86. The topological polar surface area (TPSA) is 87.7 Å².